The fourth-order valence-corrected chi connectivity index (χ4v) is 4.48. The third kappa shape index (κ3) is 4.13. The van der Waals surface area contributed by atoms with E-state index in [0.717, 1.165) is 55.3 Å². The number of morpholine rings is 1. The Balaban J connectivity index is 1.58. The molecule has 1 aliphatic rings. The second kappa shape index (κ2) is 8.33. The molecule has 1 fully saturated rings. The first kappa shape index (κ1) is 18.3. The maximum absolute atomic E-state index is 5.56. The maximum Gasteiger partial charge on any atom is 0.138 e. The van der Waals surface area contributed by atoms with Crippen molar-refractivity contribution < 1.29 is 4.74 Å². The Hall–Kier alpha value is -2.02. The molecule has 142 valence electrons. The fraction of sp³-hybridized carbons (Fsp3) is 0.429. The smallest absolute Gasteiger partial charge is 0.138 e. The lowest BCUT2D eigenvalue weighted by Gasteiger charge is -2.35. The number of nitrogens with zero attached hydrogens (tertiary/aromatic N) is 3. The molecule has 3 aromatic rings. The molecule has 0 aliphatic carbocycles. The van der Waals surface area contributed by atoms with Crippen molar-refractivity contribution in [2.45, 2.75) is 26.3 Å². The molecule has 0 radical (unpaired) electrons. The predicted molar refractivity (Wildman–Crippen MR) is 112 cm³/mol. The van der Waals surface area contributed by atoms with Crippen LogP contribution in [0.1, 0.15) is 29.0 Å². The van der Waals surface area contributed by atoms with Crippen LogP contribution in [0, 0.1) is 6.92 Å². The van der Waals surface area contributed by atoms with Crippen molar-refractivity contribution in [1.29, 1.82) is 0 Å². The van der Waals surface area contributed by atoms with Crippen molar-refractivity contribution in [3.8, 4) is 0 Å². The Labute approximate surface area is 164 Å². The highest BCUT2D eigenvalue weighted by molar-refractivity contribution is 7.18. The Morgan fingerprint density at radius 2 is 1.96 bits per heavy atom. The van der Waals surface area contributed by atoms with Crippen LogP contribution in [0.15, 0.2) is 36.7 Å². The van der Waals surface area contributed by atoms with Gasteiger partial charge < -0.3 is 10.1 Å². The minimum absolute atomic E-state index is 0.295. The molecule has 0 saturated carbocycles. The summed E-state index contributed by atoms with van der Waals surface area (Å²) in [5, 5.41) is 4.74. The van der Waals surface area contributed by atoms with E-state index in [2.05, 4.69) is 64.4 Å². The summed E-state index contributed by atoms with van der Waals surface area (Å²) in [5.41, 5.74) is 2.62. The van der Waals surface area contributed by atoms with Crippen LogP contribution in [0.4, 0.5) is 5.82 Å². The summed E-state index contributed by atoms with van der Waals surface area (Å²) in [5.74, 6) is 0.932. The number of rotatable bonds is 6. The third-order valence-corrected chi connectivity index (χ3v) is 6.33. The van der Waals surface area contributed by atoms with Crippen LogP contribution in [0.5, 0.6) is 0 Å². The summed E-state index contributed by atoms with van der Waals surface area (Å²) in [6.07, 6.45) is 2.69. The Bertz CT molecular complexity index is 887. The molecule has 1 saturated heterocycles. The molecule has 0 bridgehead atoms. The number of ether oxygens (including phenoxy) is 1. The van der Waals surface area contributed by atoms with Gasteiger partial charge in [0.2, 0.25) is 0 Å². The second-order valence-electron chi connectivity index (χ2n) is 6.96. The van der Waals surface area contributed by atoms with E-state index >= 15 is 0 Å². The summed E-state index contributed by atoms with van der Waals surface area (Å²) in [6, 6.07) is 11.4. The molecule has 1 atom stereocenters. The zero-order valence-electron chi connectivity index (χ0n) is 15.9. The molecule has 0 amide bonds. The molecule has 1 aliphatic heterocycles. The van der Waals surface area contributed by atoms with Gasteiger partial charge in [0.05, 0.1) is 24.6 Å². The average molecular weight is 383 g/mol. The van der Waals surface area contributed by atoms with Crippen molar-refractivity contribution in [3.63, 3.8) is 0 Å². The minimum atomic E-state index is 0.295. The van der Waals surface area contributed by atoms with Crippen LogP contribution in [-0.4, -0.2) is 47.7 Å². The van der Waals surface area contributed by atoms with Crippen molar-refractivity contribution in [3.05, 3.63) is 52.7 Å². The highest BCUT2D eigenvalue weighted by Crippen LogP contribution is 2.29. The van der Waals surface area contributed by atoms with Gasteiger partial charge in [0.1, 0.15) is 17.0 Å². The van der Waals surface area contributed by atoms with Gasteiger partial charge in [-0.15, -0.1) is 11.3 Å². The van der Waals surface area contributed by atoms with Gasteiger partial charge in [-0.1, -0.05) is 36.8 Å². The first-order valence-electron chi connectivity index (χ1n) is 9.60. The van der Waals surface area contributed by atoms with E-state index in [1.807, 2.05) is 0 Å². The Kier molecular flexibility index (Phi) is 5.66. The number of nitrogens with one attached hydrogen (secondary N) is 1. The Morgan fingerprint density at radius 1 is 1.19 bits per heavy atom. The van der Waals surface area contributed by atoms with E-state index in [0.29, 0.717) is 6.04 Å². The van der Waals surface area contributed by atoms with Crippen molar-refractivity contribution >= 4 is 27.4 Å². The average Bonchev–Trinajstić information content (AvgIpc) is 3.14. The van der Waals surface area contributed by atoms with Crippen LogP contribution in [0.3, 0.4) is 0 Å². The summed E-state index contributed by atoms with van der Waals surface area (Å²) in [6.45, 7) is 8.62. The summed E-state index contributed by atoms with van der Waals surface area (Å²) in [4.78, 5) is 13.9. The van der Waals surface area contributed by atoms with Gasteiger partial charge in [-0.3, -0.25) is 4.90 Å². The summed E-state index contributed by atoms with van der Waals surface area (Å²) >= 11 is 1.75. The molecule has 1 N–H and O–H groups in total. The monoisotopic (exact) mass is 382 g/mol. The zero-order valence-corrected chi connectivity index (χ0v) is 16.8. The van der Waals surface area contributed by atoms with E-state index in [4.69, 9.17) is 4.74 Å². The topological polar surface area (TPSA) is 50.3 Å². The first-order valence-corrected chi connectivity index (χ1v) is 10.4. The van der Waals surface area contributed by atoms with Crippen molar-refractivity contribution in [2.75, 3.05) is 38.2 Å². The van der Waals surface area contributed by atoms with E-state index in [1.165, 1.54) is 16.0 Å². The molecule has 1 unspecified atom stereocenters. The number of thiophene rings is 1. The molecule has 3 heterocycles. The van der Waals surface area contributed by atoms with Gasteiger partial charge in [0, 0.05) is 24.5 Å². The van der Waals surface area contributed by atoms with Crippen LogP contribution >= 0.6 is 11.3 Å². The van der Waals surface area contributed by atoms with Crippen LogP contribution < -0.4 is 5.32 Å². The SMILES string of the molecule is CCc1cc2c(NCC(c3ccc(C)cc3)N3CCOCC3)ncnc2s1. The molecule has 27 heavy (non-hydrogen) atoms. The molecule has 6 heteroatoms. The van der Waals surface area contributed by atoms with Crippen LogP contribution in [0.25, 0.3) is 10.2 Å². The number of fused-ring (bicyclic) bond motifs is 1. The lowest BCUT2D eigenvalue weighted by atomic mass is 10.0. The van der Waals surface area contributed by atoms with Gasteiger partial charge in [0.25, 0.3) is 0 Å². The van der Waals surface area contributed by atoms with Crippen molar-refractivity contribution in [1.82, 2.24) is 14.9 Å². The number of aromatic nitrogens is 2. The van der Waals surface area contributed by atoms with E-state index < -0.39 is 0 Å². The molecular weight excluding hydrogens is 356 g/mol. The number of anilines is 1. The fourth-order valence-electron chi connectivity index (χ4n) is 3.55. The molecule has 4 rings (SSSR count). The number of hydrogen-bond acceptors (Lipinski definition) is 6. The summed E-state index contributed by atoms with van der Waals surface area (Å²) in [7, 11) is 0. The second-order valence-corrected chi connectivity index (χ2v) is 8.08. The van der Waals surface area contributed by atoms with Gasteiger partial charge in [-0.05, 0) is 25.0 Å². The maximum atomic E-state index is 5.56. The molecule has 0 spiro atoms. The first-order chi connectivity index (χ1) is 13.2. The van der Waals surface area contributed by atoms with E-state index in [1.54, 1.807) is 17.7 Å². The number of aryl methyl sites for hydroxylation is 2. The molecule has 2 aromatic heterocycles. The van der Waals surface area contributed by atoms with Crippen LogP contribution in [-0.2, 0) is 11.2 Å². The lowest BCUT2D eigenvalue weighted by Crippen LogP contribution is -2.41. The Morgan fingerprint density at radius 3 is 2.70 bits per heavy atom. The number of hydrogen-bond donors (Lipinski definition) is 1. The molecule has 1 aromatic carbocycles. The van der Waals surface area contributed by atoms with Gasteiger partial charge in [-0.2, -0.15) is 0 Å². The van der Waals surface area contributed by atoms with E-state index in [9.17, 15) is 0 Å². The highest BCUT2D eigenvalue weighted by atomic mass is 32.1. The quantitative estimate of drug-likeness (QED) is 0.697. The standard InChI is InChI=1S/C21H26N4OS/c1-3-17-12-18-20(23-14-24-21(18)27-17)22-13-19(25-8-10-26-11-9-25)16-6-4-15(2)5-7-16/h4-7,12,14,19H,3,8-11,13H2,1-2H3,(H,22,23,24). The van der Waals surface area contributed by atoms with E-state index in [-0.39, 0.29) is 0 Å². The van der Waals surface area contributed by atoms with Crippen molar-refractivity contribution in [2.24, 2.45) is 0 Å². The highest BCUT2D eigenvalue weighted by Gasteiger charge is 2.23. The largest absolute Gasteiger partial charge is 0.379 e. The molecular formula is C21H26N4OS. The predicted octanol–water partition coefficient (Wildman–Crippen LogP) is 4.05. The minimum Gasteiger partial charge on any atom is -0.379 e. The van der Waals surface area contributed by atoms with Gasteiger partial charge in [-0.25, -0.2) is 9.97 Å². The summed E-state index contributed by atoms with van der Waals surface area (Å²) < 4.78 is 5.56. The number of benzene rings is 1. The van der Waals surface area contributed by atoms with Gasteiger partial charge in [0.15, 0.2) is 0 Å². The van der Waals surface area contributed by atoms with Crippen LogP contribution in [0.2, 0.25) is 0 Å². The lowest BCUT2D eigenvalue weighted by molar-refractivity contribution is 0.0187. The third-order valence-electron chi connectivity index (χ3n) is 5.14. The normalized spacial score (nSPS) is 16.5. The van der Waals surface area contributed by atoms with Gasteiger partial charge >= 0.3 is 0 Å². The molecule has 5 nitrogen and oxygen atoms in total. The zero-order chi connectivity index (χ0) is 18.6.